The molecule has 1 atom stereocenters. The molecule has 2 aromatic rings. The summed E-state index contributed by atoms with van der Waals surface area (Å²) in [5.41, 5.74) is 1.29. The van der Waals surface area contributed by atoms with Crippen LogP contribution in [0.3, 0.4) is 0 Å². The molecule has 2 N–H and O–H groups in total. The fourth-order valence-electron chi connectivity index (χ4n) is 4.79. The minimum absolute atomic E-state index is 0.116. The third-order valence-corrected chi connectivity index (χ3v) is 7.15. The Hall–Kier alpha value is -2.40. The Labute approximate surface area is 210 Å². The topological polar surface area (TPSA) is 88.3 Å². The number of H-pyrrole nitrogens is 1. The Kier molecular flexibility index (Phi) is 8.02. The van der Waals surface area contributed by atoms with E-state index in [1.54, 1.807) is 0 Å². The van der Waals surface area contributed by atoms with Gasteiger partial charge in [-0.05, 0) is 43.6 Å². The number of benzene rings is 1. The van der Waals surface area contributed by atoms with Gasteiger partial charge in [0.05, 0.1) is 31.4 Å². The maximum Gasteiger partial charge on any atom is 0.253 e. The summed E-state index contributed by atoms with van der Waals surface area (Å²) in [7, 11) is 0. The van der Waals surface area contributed by atoms with Crippen molar-refractivity contribution >= 4 is 28.2 Å². The minimum Gasteiger partial charge on any atom is -0.486 e. The molecule has 0 spiro atoms. The summed E-state index contributed by atoms with van der Waals surface area (Å²) >= 11 is 5.78. The average Bonchev–Trinajstić information content (AvgIpc) is 3.40. The van der Waals surface area contributed by atoms with E-state index in [-0.39, 0.29) is 11.7 Å². The maximum atomic E-state index is 13.0. The van der Waals surface area contributed by atoms with Gasteiger partial charge in [0, 0.05) is 56.3 Å². The second-order valence-electron chi connectivity index (χ2n) is 9.26. The van der Waals surface area contributed by atoms with Crippen molar-refractivity contribution < 1.29 is 18.9 Å². The van der Waals surface area contributed by atoms with Crippen molar-refractivity contribution in [3.8, 4) is 11.5 Å². The van der Waals surface area contributed by atoms with E-state index in [1.807, 2.05) is 18.2 Å². The summed E-state index contributed by atoms with van der Waals surface area (Å²) in [4.78, 5) is 20.5. The second-order valence-corrected chi connectivity index (χ2v) is 9.64. The summed E-state index contributed by atoms with van der Waals surface area (Å²) < 4.78 is 22.6. The third kappa shape index (κ3) is 6.24. The largest absolute Gasteiger partial charge is 0.486 e. The summed E-state index contributed by atoms with van der Waals surface area (Å²) in [5, 5.41) is 4.95. The van der Waals surface area contributed by atoms with Gasteiger partial charge in [0.1, 0.15) is 13.2 Å². The Balaban J connectivity index is 1.30. The number of rotatable bonds is 8. The molecule has 0 amide bonds. The first-order chi connectivity index (χ1) is 17.2. The van der Waals surface area contributed by atoms with Gasteiger partial charge in [-0.25, -0.2) is 0 Å². The molecule has 1 aromatic heterocycles. The van der Waals surface area contributed by atoms with Crippen LogP contribution in [-0.2, 0) is 16.0 Å². The number of thiocarbonyl (C=S) groups is 1. The van der Waals surface area contributed by atoms with Gasteiger partial charge < -0.3 is 34.1 Å². The smallest absolute Gasteiger partial charge is 0.253 e. The molecule has 0 unspecified atom stereocenters. The number of nitrogens with one attached hydrogen (secondary N) is 2. The number of pyridine rings is 1. The van der Waals surface area contributed by atoms with Gasteiger partial charge in [0.2, 0.25) is 0 Å². The van der Waals surface area contributed by atoms with E-state index in [1.165, 1.54) is 0 Å². The van der Waals surface area contributed by atoms with Crippen LogP contribution < -0.4 is 20.3 Å². The van der Waals surface area contributed by atoms with E-state index >= 15 is 0 Å². The van der Waals surface area contributed by atoms with E-state index in [0.717, 1.165) is 76.2 Å². The monoisotopic (exact) mass is 502 g/mol. The normalized spacial score (nSPS) is 20.2. The van der Waals surface area contributed by atoms with Crippen LogP contribution in [0.2, 0.25) is 0 Å². The third-order valence-electron chi connectivity index (χ3n) is 6.74. The molecule has 3 aliphatic heterocycles. The summed E-state index contributed by atoms with van der Waals surface area (Å²) in [5.74, 6) is 1.37. The van der Waals surface area contributed by atoms with E-state index in [4.69, 9.17) is 31.2 Å². The molecule has 3 aliphatic rings. The highest BCUT2D eigenvalue weighted by Gasteiger charge is 2.20. The summed E-state index contributed by atoms with van der Waals surface area (Å²) in [6.45, 7) is 8.20. The predicted octanol–water partition coefficient (Wildman–Crippen LogP) is 1.88. The Morgan fingerprint density at radius 2 is 1.91 bits per heavy atom. The van der Waals surface area contributed by atoms with Crippen LogP contribution >= 0.6 is 12.2 Å². The average molecular weight is 503 g/mol. The molecule has 10 heteroatoms. The van der Waals surface area contributed by atoms with Crippen molar-refractivity contribution in [2.45, 2.75) is 31.9 Å². The molecule has 0 bridgehead atoms. The van der Waals surface area contributed by atoms with E-state index < -0.39 is 0 Å². The van der Waals surface area contributed by atoms with Gasteiger partial charge in [0.25, 0.3) is 5.56 Å². The van der Waals surface area contributed by atoms with Crippen LogP contribution in [-0.4, -0.2) is 91.8 Å². The lowest BCUT2D eigenvalue weighted by atomic mass is 10.1. The lowest BCUT2D eigenvalue weighted by Crippen LogP contribution is -2.44. The first-order valence-corrected chi connectivity index (χ1v) is 13.0. The van der Waals surface area contributed by atoms with Crippen LogP contribution in [0.25, 0.3) is 10.9 Å². The first kappa shape index (κ1) is 24.3. The second kappa shape index (κ2) is 11.6. The van der Waals surface area contributed by atoms with Crippen molar-refractivity contribution in [1.82, 2.24) is 20.1 Å². The van der Waals surface area contributed by atoms with Crippen LogP contribution in [0.1, 0.15) is 24.8 Å². The number of nitrogens with zero attached hydrogens (tertiary/aromatic N) is 2. The van der Waals surface area contributed by atoms with E-state index in [9.17, 15) is 4.79 Å². The van der Waals surface area contributed by atoms with Gasteiger partial charge >= 0.3 is 0 Å². The minimum atomic E-state index is -0.116. The van der Waals surface area contributed by atoms with Crippen molar-refractivity contribution in [2.24, 2.45) is 0 Å². The van der Waals surface area contributed by atoms with E-state index in [0.29, 0.717) is 48.5 Å². The lowest BCUT2D eigenvalue weighted by Gasteiger charge is -2.30. The van der Waals surface area contributed by atoms with Crippen molar-refractivity contribution in [1.29, 1.82) is 0 Å². The van der Waals surface area contributed by atoms with Crippen molar-refractivity contribution in [3.63, 3.8) is 0 Å². The maximum absolute atomic E-state index is 13.0. The Bertz CT molecular complexity index is 1080. The van der Waals surface area contributed by atoms with Gasteiger partial charge in [0.15, 0.2) is 16.6 Å². The zero-order valence-electron chi connectivity index (χ0n) is 20.1. The molecule has 2 fully saturated rings. The first-order valence-electron chi connectivity index (χ1n) is 12.6. The SMILES string of the molecule is O=c1[nH]c2cc3c(cc2cc1CN(CCCN1CCOCC1)C(=S)NC[C@@H]1CCCO1)OCCO3. The number of ether oxygens (including phenoxy) is 4. The molecule has 190 valence electrons. The van der Waals surface area contributed by atoms with Crippen LogP contribution in [0.4, 0.5) is 0 Å². The van der Waals surface area contributed by atoms with Crippen molar-refractivity contribution in [2.75, 3.05) is 65.8 Å². The van der Waals surface area contributed by atoms with Gasteiger partial charge in [-0.1, -0.05) is 0 Å². The molecule has 5 rings (SSSR count). The highest BCUT2D eigenvalue weighted by Crippen LogP contribution is 2.33. The number of aromatic nitrogens is 1. The van der Waals surface area contributed by atoms with Crippen LogP contribution in [0.15, 0.2) is 23.0 Å². The zero-order chi connectivity index (χ0) is 24.0. The molecular formula is C25H34N4O5S. The number of hydrogen-bond donors (Lipinski definition) is 2. The summed E-state index contributed by atoms with van der Waals surface area (Å²) in [6, 6.07) is 5.70. The fourth-order valence-corrected chi connectivity index (χ4v) is 5.03. The number of hydrogen-bond acceptors (Lipinski definition) is 7. The predicted molar refractivity (Wildman–Crippen MR) is 137 cm³/mol. The molecule has 2 saturated heterocycles. The molecule has 0 saturated carbocycles. The van der Waals surface area contributed by atoms with E-state index in [2.05, 4.69) is 20.1 Å². The highest BCUT2D eigenvalue weighted by atomic mass is 32.1. The molecule has 0 aliphatic carbocycles. The molecule has 35 heavy (non-hydrogen) atoms. The van der Waals surface area contributed by atoms with Crippen LogP contribution in [0, 0.1) is 0 Å². The van der Waals surface area contributed by atoms with Gasteiger partial charge in [-0.3, -0.25) is 9.69 Å². The molecule has 0 radical (unpaired) electrons. The molecule has 1 aromatic carbocycles. The lowest BCUT2D eigenvalue weighted by molar-refractivity contribution is 0.0367. The number of morpholine rings is 1. The molecular weight excluding hydrogens is 468 g/mol. The number of fused-ring (bicyclic) bond motifs is 2. The highest BCUT2D eigenvalue weighted by molar-refractivity contribution is 7.80. The zero-order valence-corrected chi connectivity index (χ0v) is 20.9. The molecule has 4 heterocycles. The summed E-state index contributed by atoms with van der Waals surface area (Å²) in [6.07, 6.45) is 3.28. The standard InChI is InChI=1S/C25H34N4O5S/c30-24-19(13-18-14-22-23(15-21(18)27-24)34-12-11-33-22)17-29(5-2-4-28-6-9-31-10-7-28)25(35)26-16-20-3-1-8-32-20/h13-15,20H,1-12,16-17H2,(H,26,35)(H,27,30)/t20-/m0/s1. The Morgan fingerprint density at radius 3 is 2.69 bits per heavy atom. The Morgan fingerprint density at radius 1 is 1.11 bits per heavy atom. The van der Waals surface area contributed by atoms with Crippen LogP contribution in [0.5, 0.6) is 11.5 Å². The van der Waals surface area contributed by atoms with Crippen molar-refractivity contribution in [3.05, 3.63) is 34.1 Å². The molecule has 9 nitrogen and oxygen atoms in total. The quantitative estimate of drug-likeness (QED) is 0.525. The van der Waals surface area contributed by atoms with Gasteiger partial charge in [-0.2, -0.15) is 0 Å². The van der Waals surface area contributed by atoms with Gasteiger partial charge in [-0.15, -0.1) is 0 Å². The fraction of sp³-hybridized carbons (Fsp3) is 0.600. The number of aromatic amines is 1.